The van der Waals surface area contributed by atoms with Gasteiger partial charge in [0, 0.05) is 32.2 Å². The summed E-state index contributed by atoms with van der Waals surface area (Å²) in [7, 11) is 0. The predicted molar refractivity (Wildman–Crippen MR) is 75.3 cm³/mol. The summed E-state index contributed by atoms with van der Waals surface area (Å²) in [4.78, 5) is 15.9. The third-order valence-electron chi connectivity index (χ3n) is 3.68. The summed E-state index contributed by atoms with van der Waals surface area (Å²) in [6.45, 7) is 9.77. The Kier molecular flexibility index (Phi) is 6.98. The van der Waals surface area contributed by atoms with E-state index in [0.29, 0.717) is 6.04 Å². The summed E-state index contributed by atoms with van der Waals surface area (Å²) in [6.07, 6.45) is 6.70. The lowest BCUT2D eigenvalue weighted by atomic mass is 10.0. The van der Waals surface area contributed by atoms with Gasteiger partial charge in [0.15, 0.2) is 0 Å². The molecule has 104 valence electrons. The lowest BCUT2D eigenvalue weighted by Gasteiger charge is -2.39. The maximum absolute atomic E-state index is 11.5. The van der Waals surface area contributed by atoms with Gasteiger partial charge in [-0.1, -0.05) is 19.4 Å². The first-order chi connectivity index (χ1) is 8.72. The van der Waals surface area contributed by atoms with Gasteiger partial charge in [0.1, 0.15) is 0 Å². The highest BCUT2D eigenvalue weighted by Gasteiger charge is 2.24. The van der Waals surface area contributed by atoms with Crippen LogP contribution in [0.4, 0.5) is 0 Å². The molecule has 0 saturated carbocycles. The Morgan fingerprint density at radius 3 is 2.50 bits per heavy atom. The highest BCUT2D eigenvalue weighted by atomic mass is 16.2. The smallest absolute Gasteiger partial charge is 0.236 e. The fourth-order valence-electron chi connectivity index (χ4n) is 2.62. The van der Waals surface area contributed by atoms with Crippen LogP contribution in [0.1, 0.15) is 32.6 Å². The molecule has 18 heavy (non-hydrogen) atoms. The van der Waals surface area contributed by atoms with Gasteiger partial charge in [-0.05, 0) is 19.3 Å². The van der Waals surface area contributed by atoms with E-state index in [1.54, 1.807) is 0 Å². The predicted octanol–water partition coefficient (Wildman–Crippen LogP) is 1.22. The molecule has 1 heterocycles. The normalized spacial score (nSPS) is 18.7. The molecule has 0 radical (unpaired) electrons. The summed E-state index contributed by atoms with van der Waals surface area (Å²) in [6, 6.07) is 0.642. The third-order valence-corrected chi connectivity index (χ3v) is 3.68. The highest BCUT2D eigenvalue weighted by molar-refractivity contribution is 5.78. The monoisotopic (exact) mass is 253 g/mol. The number of allylic oxidation sites excluding steroid dienone is 1. The Hall–Kier alpha value is -0.870. The number of hydrogen-bond donors (Lipinski definition) is 1. The number of carbonyl (C=O) groups excluding carboxylic acids is 1. The topological polar surface area (TPSA) is 49.6 Å². The average molecular weight is 253 g/mol. The van der Waals surface area contributed by atoms with Crippen LogP contribution in [0.2, 0.25) is 0 Å². The van der Waals surface area contributed by atoms with Gasteiger partial charge < -0.3 is 10.6 Å². The van der Waals surface area contributed by atoms with Crippen LogP contribution in [-0.4, -0.2) is 54.5 Å². The molecule has 4 nitrogen and oxygen atoms in total. The van der Waals surface area contributed by atoms with Gasteiger partial charge in [-0.15, -0.1) is 6.58 Å². The number of hydrogen-bond acceptors (Lipinski definition) is 3. The van der Waals surface area contributed by atoms with Crippen molar-refractivity contribution >= 4 is 5.91 Å². The molecule has 0 aromatic carbocycles. The Morgan fingerprint density at radius 2 is 2.00 bits per heavy atom. The van der Waals surface area contributed by atoms with E-state index in [1.165, 1.54) is 19.3 Å². The van der Waals surface area contributed by atoms with Gasteiger partial charge in [-0.3, -0.25) is 9.69 Å². The van der Waals surface area contributed by atoms with Gasteiger partial charge in [0.05, 0.1) is 6.54 Å². The van der Waals surface area contributed by atoms with Crippen molar-refractivity contribution in [2.24, 2.45) is 5.73 Å². The zero-order valence-corrected chi connectivity index (χ0v) is 11.6. The summed E-state index contributed by atoms with van der Waals surface area (Å²) in [5, 5.41) is 0. The molecule has 2 N–H and O–H groups in total. The van der Waals surface area contributed by atoms with Crippen LogP contribution in [-0.2, 0) is 4.79 Å². The molecule has 1 fully saturated rings. The minimum atomic E-state index is 0.0767. The molecule has 0 aromatic rings. The molecule has 0 aromatic heterocycles. The molecule has 0 bridgehead atoms. The minimum absolute atomic E-state index is 0.0767. The number of amides is 1. The first-order valence-electron chi connectivity index (χ1n) is 7.05. The summed E-state index contributed by atoms with van der Waals surface area (Å²) < 4.78 is 0. The van der Waals surface area contributed by atoms with Crippen LogP contribution in [0.25, 0.3) is 0 Å². The van der Waals surface area contributed by atoms with Gasteiger partial charge >= 0.3 is 0 Å². The van der Waals surface area contributed by atoms with Crippen LogP contribution >= 0.6 is 0 Å². The number of nitrogens with zero attached hydrogens (tertiary/aromatic N) is 2. The van der Waals surface area contributed by atoms with Gasteiger partial charge in [-0.25, -0.2) is 0 Å². The van der Waals surface area contributed by atoms with Crippen LogP contribution in [0.3, 0.4) is 0 Å². The van der Waals surface area contributed by atoms with E-state index in [0.717, 1.165) is 32.6 Å². The summed E-state index contributed by atoms with van der Waals surface area (Å²) >= 11 is 0. The van der Waals surface area contributed by atoms with Crippen LogP contribution in [0.5, 0.6) is 0 Å². The lowest BCUT2D eigenvalue weighted by molar-refractivity contribution is -0.131. The number of rotatable bonds is 7. The average Bonchev–Trinajstić information content (AvgIpc) is 2.43. The molecule has 0 spiro atoms. The molecule has 1 aliphatic heterocycles. The minimum Gasteiger partial charge on any atom is -0.339 e. The van der Waals surface area contributed by atoms with E-state index in [2.05, 4.69) is 18.4 Å². The van der Waals surface area contributed by atoms with Crippen molar-refractivity contribution in [1.82, 2.24) is 9.80 Å². The van der Waals surface area contributed by atoms with Gasteiger partial charge in [0.2, 0.25) is 5.91 Å². The molecule has 0 aliphatic carbocycles. The molecular weight excluding hydrogens is 226 g/mol. The second kappa shape index (κ2) is 8.27. The maximum atomic E-state index is 11.5. The molecule has 1 amide bonds. The maximum Gasteiger partial charge on any atom is 0.236 e. The van der Waals surface area contributed by atoms with Crippen molar-refractivity contribution in [2.75, 3.05) is 32.7 Å². The highest BCUT2D eigenvalue weighted by Crippen LogP contribution is 2.16. The quantitative estimate of drug-likeness (QED) is 0.694. The molecule has 4 heteroatoms. The molecule has 1 atom stereocenters. The SMILES string of the molecule is C=CCCC(CCC)N1CCN(C(=O)CN)CC1. The van der Waals surface area contributed by atoms with Crippen LogP contribution in [0, 0.1) is 0 Å². The van der Waals surface area contributed by atoms with E-state index >= 15 is 0 Å². The molecular formula is C14H27N3O. The zero-order chi connectivity index (χ0) is 13.4. The Labute approximate surface area is 111 Å². The van der Waals surface area contributed by atoms with Gasteiger partial charge in [-0.2, -0.15) is 0 Å². The first-order valence-corrected chi connectivity index (χ1v) is 7.05. The molecule has 1 unspecified atom stereocenters. The van der Waals surface area contributed by atoms with Crippen molar-refractivity contribution in [3.05, 3.63) is 12.7 Å². The van der Waals surface area contributed by atoms with E-state index in [4.69, 9.17) is 5.73 Å². The number of nitrogens with two attached hydrogens (primary N) is 1. The Bertz CT molecular complexity index is 260. The third kappa shape index (κ3) is 4.42. The van der Waals surface area contributed by atoms with Crippen molar-refractivity contribution < 1.29 is 4.79 Å². The molecule has 1 rings (SSSR count). The Morgan fingerprint density at radius 1 is 1.33 bits per heavy atom. The second-order valence-corrected chi connectivity index (χ2v) is 4.93. The van der Waals surface area contributed by atoms with Crippen LogP contribution in [0.15, 0.2) is 12.7 Å². The van der Waals surface area contributed by atoms with E-state index < -0.39 is 0 Å². The van der Waals surface area contributed by atoms with Crippen molar-refractivity contribution in [2.45, 2.75) is 38.6 Å². The van der Waals surface area contributed by atoms with E-state index in [-0.39, 0.29) is 12.5 Å². The fourth-order valence-corrected chi connectivity index (χ4v) is 2.62. The Balaban J connectivity index is 2.42. The number of carbonyl (C=O) groups is 1. The fraction of sp³-hybridized carbons (Fsp3) is 0.786. The largest absolute Gasteiger partial charge is 0.339 e. The second-order valence-electron chi connectivity index (χ2n) is 4.93. The standard InChI is InChI=1S/C14H27N3O/c1-3-5-7-13(6-4-2)16-8-10-17(11-9-16)14(18)12-15/h3,13H,1,4-12,15H2,2H3. The van der Waals surface area contributed by atoms with E-state index in [1.807, 2.05) is 11.0 Å². The molecule has 1 saturated heterocycles. The lowest BCUT2D eigenvalue weighted by Crippen LogP contribution is -2.53. The van der Waals surface area contributed by atoms with E-state index in [9.17, 15) is 4.79 Å². The van der Waals surface area contributed by atoms with Crippen molar-refractivity contribution in [3.8, 4) is 0 Å². The first kappa shape index (κ1) is 15.2. The summed E-state index contributed by atoms with van der Waals surface area (Å²) in [5.74, 6) is 0.0767. The van der Waals surface area contributed by atoms with Gasteiger partial charge in [0.25, 0.3) is 0 Å². The summed E-state index contributed by atoms with van der Waals surface area (Å²) in [5.41, 5.74) is 5.39. The molecule has 1 aliphatic rings. The van der Waals surface area contributed by atoms with Crippen molar-refractivity contribution in [1.29, 1.82) is 0 Å². The van der Waals surface area contributed by atoms with Crippen LogP contribution < -0.4 is 5.73 Å². The number of piperazine rings is 1. The van der Waals surface area contributed by atoms with Crippen molar-refractivity contribution in [3.63, 3.8) is 0 Å². The zero-order valence-electron chi connectivity index (χ0n) is 11.6.